The lowest BCUT2D eigenvalue weighted by molar-refractivity contribution is -0.384. The zero-order chi connectivity index (χ0) is 14.6. The first kappa shape index (κ1) is 15.4. The molecule has 1 rings (SSSR count). The summed E-state index contributed by atoms with van der Waals surface area (Å²) in [5.74, 6) is 0.344. The molecular formula is C13H22N4O2. The summed E-state index contributed by atoms with van der Waals surface area (Å²) in [5, 5.41) is 14.1. The van der Waals surface area contributed by atoms with Crippen molar-refractivity contribution in [1.82, 2.24) is 9.88 Å². The van der Waals surface area contributed by atoms with E-state index in [9.17, 15) is 10.1 Å². The molecule has 0 aromatic carbocycles. The Kier molecular flexibility index (Phi) is 4.83. The van der Waals surface area contributed by atoms with Crippen LogP contribution in [0.15, 0.2) is 12.1 Å². The first-order valence-corrected chi connectivity index (χ1v) is 6.22. The SMILES string of the molecule is Cc1ccc([N+](=O)[O-])c(NCC(C)(C)CN(C)C)n1. The van der Waals surface area contributed by atoms with Gasteiger partial charge < -0.3 is 10.2 Å². The molecule has 1 N–H and O–H groups in total. The maximum Gasteiger partial charge on any atom is 0.311 e. The van der Waals surface area contributed by atoms with Gasteiger partial charge in [0.2, 0.25) is 5.82 Å². The molecule has 6 heteroatoms. The van der Waals surface area contributed by atoms with Crippen molar-refractivity contribution in [3.05, 3.63) is 27.9 Å². The molecule has 0 saturated heterocycles. The van der Waals surface area contributed by atoms with Crippen LogP contribution in [0.3, 0.4) is 0 Å². The third-order valence-corrected chi connectivity index (χ3v) is 2.69. The van der Waals surface area contributed by atoms with Gasteiger partial charge in [-0.3, -0.25) is 10.1 Å². The average molecular weight is 266 g/mol. The van der Waals surface area contributed by atoms with Crippen molar-refractivity contribution in [3.63, 3.8) is 0 Å². The molecule has 1 aromatic rings. The van der Waals surface area contributed by atoms with Crippen molar-refractivity contribution in [2.75, 3.05) is 32.5 Å². The first-order chi connectivity index (χ1) is 8.71. The second kappa shape index (κ2) is 5.97. The Labute approximate surface area is 114 Å². The number of hydrogen-bond donors (Lipinski definition) is 1. The number of rotatable bonds is 6. The van der Waals surface area contributed by atoms with Crippen LogP contribution in [-0.2, 0) is 0 Å². The highest BCUT2D eigenvalue weighted by atomic mass is 16.6. The van der Waals surface area contributed by atoms with E-state index in [2.05, 4.69) is 29.0 Å². The monoisotopic (exact) mass is 266 g/mol. The minimum absolute atomic E-state index is 0.00277. The van der Waals surface area contributed by atoms with Crippen molar-refractivity contribution in [2.45, 2.75) is 20.8 Å². The van der Waals surface area contributed by atoms with E-state index < -0.39 is 4.92 Å². The molecule has 0 unspecified atom stereocenters. The van der Waals surface area contributed by atoms with Crippen molar-refractivity contribution in [3.8, 4) is 0 Å². The molecule has 0 aliphatic rings. The van der Waals surface area contributed by atoms with Gasteiger partial charge in [0.15, 0.2) is 0 Å². The lowest BCUT2D eigenvalue weighted by Crippen LogP contribution is -2.34. The van der Waals surface area contributed by atoms with Gasteiger partial charge in [0.1, 0.15) is 0 Å². The molecule has 0 spiro atoms. The summed E-state index contributed by atoms with van der Waals surface area (Å²) in [6.45, 7) is 7.56. The fraction of sp³-hybridized carbons (Fsp3) is 0.615. The van der Waals surface area contributed by atoms with Gasteiger partial charge >= 0.3 is 5.69 Å². The van der Waals surface area contributed by atoms with E-state index in [1.807, 2.05) is 21.0 Å². The summed E-state index contributed by atoms with van der Waals surface area (Å²) < 4.78 is 0. The van der Waals surface area contributed by atoms with Crippen molar-refractivity contribution in [1.29, 1.82) is 0 Å². The van der Waals surface area contributed by atoms with Gasteiger partial charge in [-0.1, -0.05) is 13.8 Å². The van der Waals surface area contributed by atoms with Crippen LogP contribution in [0.2, 0.25) is 0 Å². The summed E-state index contributed by atoms with van der Waals surface area (Å²) in [4.78, 5) is 16.9. The normalized spacial score (nSPS) is 11.7. The van der Waals surface area contributed by atoms with Gasteiger partial charge in [0.25, 0.3) is 0 Å². The Morgan fingerprint density at radius 2 is 2.05 bits per heavy atom. The van der Waals surface area contributed by atoms with Gasteiger partial charge in [0.05, 0.1) is 4.92 Å². The number of anilines is 1. The van der Waals surface area contributed by atoms with Crippen LogP contribution < -0.4 is 5.32 Å². The maximum absolute atomic E-state index is 11.0. The molecule has 0 amide bonds. The summed E-state index contributed by atoms with van der Waals surface area (Å²) >= 11 is 0. The summed E-state index contributed by atoms with van der Waals surface area (Å²) in [5.41, 5.74) is 0.785. The van der Waals surface area contributed by atoms with E-state index in [1.54, 1.807) is 6.07 Å². The van der Waals surface area contributed by atoms with E-state index in [1.165, 1.54) is 6.07 Å². The van der Waals surface area contributed by atoms with Crippen LogP contribution in [0.25, 0.3) is 0 Å². The highest BCUT2D eigenvalue weighted by molar-refractivity contribution is 5.56. The molecular weight excluding hydrogens is 244 g/mol. The molecule has 0 fully saturated rings. The van der Waals surface area contributed by atoms with Crippen molar-refractivity contribution < 1.29 is 4.92 Å². The van der Waals surface area contributed by atoms with Crippen LogP contribution >= 0.6 is 0 Å². The van der Waals surface area contributed by atoms with Gasteiger partial charge in [0, 0.05) is 24.8 Å². The van der Waals surface area contributed by atoms with Crippen LogP contribution in [0, 0.1) is 22.5 Å². The van der Waals surface area contributed by atoms with E-state index >= 15 is 0 Å². The lowest BCUT2D eigenvalue weighted by atomic mass is 9.93. The molecule has 0 aliphatic heterocycles. The van der Waals surface area contributed by atoms with E-state index in [0.29, 0.717) is 12.4 Å². The average Bonchev–Trinajstić information content (AvgIpc) is 2.24. The number of aryl methyl sites for hydroxylation is 1. The first-order valence-electron chi connectivity index (χ1n) is 6.22. The second-order valence-electron chi connectivity index (χ2n) is 5.83. The van der Waals surface area contributed by atoms with Crippen LogP contribution in [-0.4, -0.2) is 42.0 Å². The predicted molar refractivity (Wildman–Crippen MR) is 76.5 cm³/mol. The highest BCUT2D eigenvalue weighted by Gasteiger charge is 2.21. The molecule has 19 heavy (non-hydrogen) atoms. The molecule has 0 bridgehead atoms. The Bertz CT molecular complexity index is 458. The molecule has 0 radical (unpaired) electrons. The number of pyridine rings is 1. The number of nitro groups is 1. The maximum atomic E-state index is 11.0. The Morgan fingerprint density at radius 1 is 1.42 bits per heavy atom. The van der Waals surface area contributed by atoms with Gasteiger partial charge in [-0.15, -0.1) is 0 Å². The Balaban J connectivity index is 2.82. The third kappa shape index (κ3) is 4.82. The molecule has 0 aliphatic carbocycles. The lowest BCUT2D eigenvalue weighted by Gasteiger charge is -2.28. The van der Waals surface area contributed by atoms with Crippen LogP contribution in [0.1, 0.15) is 19.5 Å². The predicted octanol–water partition coefficient (Wildman–Crippen LogP) is 2.30. The fourth-order valence-electron chi connectivity index (χ4n) is 2.06. The van der Waals surface area contributed by atoms with E-state index in [-0.39, 0.29) is 11.1 Å². The van der Waals surface area contributed by atoms with Crippen molar-refractivity contribution in [2.24, 2.45) is 5.41 Å². The van der Waals surface area contributed by atoms with E-state index in [4.69, 9.17) is 0 Å². The summed E-state index contributed by atoms with van der Waals surface area (Å²) in [7, 11) is 4.02. The molecule has 6 nitrogen and oxygen atoms in total. The fourth-order valence-corrected chi connectivity index (χ4v) is 2.06. The number of nitrogens with zero attached hydrogens (tertiary/aromatic N) is 3. The smallest absolute Gasteiger partial charge is 0.311 e. The summed E-state index contributed by atoms with van der Waals surface area (Å²) in [6, 6.07) is 3.14. The number of aromatic nitrogens is 1. The minimum Gasteiger partial charge on any atom is -0.364 e. The van der Waals surface area contributed by atoms with Crippen LogP contribution in [0.5, 0.6) is 0 Å². The third-order valence-electron chi connectivity index (χ3n) is 2.69. The van der Waals surface area contributed by atoms with E-state index in [0.717, 1.165) is 12.2 Å². The standard InChI is InChI=1S/C13H22N4O2/c1-10-6-7-11(17(18)19)12(15-10)14-8-13(2,3)9-16(4)5/h6-7H,8-9H2,1-5H3,(H,14,15). The molecule has 0 saturated carbocycles. The molecule has 1 aromatic heterocycles. The molecule has 1 heterocycles. The number of hydrogen-bond acceptors (Lipinski definition) is 5. The zero-order valence-electron chi connectivity index (χ0n) is 12.2. The number of nitrogens with one attached hydrogen (secondary N) is 1. The summed E-state index contributed by atoms with van der Waals surface area (Å²) in [6.07, 6.45) is 0. The van der Waals surface area contributed by atoms with Crippen LogP contribution in [0.4, 0.5) is 11.5 Å². The van der Waals surface area contributed by atoms with Gasteiger partial charge in [-0.05, 0) is 32.5 Å². The topological polar surface area (TPSA) is 71.3 Å². The highest BCUT2D eigenvalue weighted by Crippen LogP contribution is 2.24. The molecule has 106 valence electrons. The second-order valence-corrected chi connectivity index (χ2v) is 5.83. The van der Waals surface area contributed by atoms with Gasteiger partial charge in [-0.25, -0.2) is 4.98 Å². The minimum atomic E-state index is -0.409. The van der Waals surface area contributed by atoms with Gasteiger partial charge in [-0.2, -0.15) is 0 Å². The zero-order valence-corrected chi connectivity index (χ0v) is 12.2. The quantitative estimate of drug-likeness (QED) is 0.632. The molecule has 0 atom stereocenters. The Morgan fingerprint density at radius 3 is 2.58 bits per heavy atom. The largest absolute Gasteiger partial charge is 0.364 e. The Hall–Kier alpha value is -1.69. The van der Waals surface area contributed by atoms with Crippen molar-refractivity contribution >= 4 is 11.5 Å².